The van der Waals surface area contributed by atoms with E-state index in [9.17, 15) is 9.59 Å². The van der Waals surface area contributed by atoms with E-state index in [4.69, 9.17) is 25.5 Å². The first-order valence-electron chi connectivity index (χ1n) is 7.94. The summed E-state index contributed by atoms with van der Waals surface area (Å²) in [6.45, 7) is 1.99. The lowest BCUT2D eigenvalue weighted by Crippen LogP contribution is -2.38. The molecule has 132 valence electrons. The highest BCUT2D eigenvalue weighted by Crippen LogP contribution is 2.30. The molecule has 0 spiro atoms. The van der Waals surface area contributed by atoms with Crippen LogP contribution >= 0.6 is 11.6 Å². The Kier molecular flexibility index (Phi) is 5.28. The molecule has 0 radical (unpaired) electrons. The second-order valence-electron chi connectivity index (χ2n) is 5.84. The van der Waals surface area contributed by atoms with Crippen molar-refractivity contribution in [3.63, 3.8) is 0 Å². The van der Waals surface area contributed by atoms with Gasteiger partial charge in [-0.05, 0) is 49.2 Å². The molecule has 0 saturated heterocycles. The number of ether oxygens (including phenoxy) is 2. The number of benzene rings is 1. The van der Waals surface area contributed by atoms with Crippen molar-refractivity contribution in [2.24, 2.45) is 5.92 Å². The highest BCUT2D eigenvalue weighted by Gasteiger charge is 2.30. The molecule has 0 fully saturated rings. The Morgan fingerprint density at radius 1 is 1.40 bits per heavy atom. The molecule has 1 amide bonds. The zero-order valence-corrected chi connectivity index (χ0v) is 14.4. The van der Waals surface area contributed by atoms with E-state index in [1.165, 1.54) is 13.2 Å². The molecule has 1 aliphatic rings. The van der Waals surface area contributed by atoms with Crippen LogP contribution in [0.3, 0.4) is 0 Å². The molecule has 2 atom stereocenters. The maximum atomic E-state index is 12.3. The fraction of sp³-hybridized carbons (Fsp3) is 0.333. The normalized spacial score (nSPS) is 17.1. The summed E-state index contributed by atoms with van der Waals surface area (Å²) in [5, 5.41) is 3.24. The number of amides is 1. The summed E-state index contributed by atoms with van der Waals surface area (Å²) < 4.78 is 16.0. The predicted octanol–water partition coefficient (Wildman–Crippen LogP) is 2.73. The number of nitrogens with one attached hydrogen (secondary N) is 1. The van der Waals surface area contributed by atoms with Crippen molar-refractivity contribution < 1.29 is 23.5 Å². The molecule has 1 N–H and O–H groups in total. The summed E-state index contributed by atoms with van der Waals surface area (Å²) in [5.41, 5.74) is 0.857. The quantitative estimate of drug-likeness (QED) is 0.826. The molecule has 2 aromatic rings. The smallest absolute Gasteiger partial charge is 0.313 e. The van der Waals surface area contributed by atoms with Crippen molar-refractivity contribution in [2.45, 2.75) is 26.0 Å². The van der Waals surface area contributed by atoms with Crippen LogP contribution in [-0.2, 0) is 27.3 Å². The Labute approximate surface area is 150 Å². The van der Waals surface area contributed by atoms with Gasteiger partial charge in [0.05, 0.1) is 18.7 Å². The van der Waals surface area contributed by atoms with Gasteiger partial charge < -0.3 is 19.2 Å². The second-order valence-corrected chi connectivity index (χ2v) is 6.28. The number of carbonyl (C=O) groups is 2. The molecule has 1 aromatic heterocycles. The summed E-state index contributed by atoms with van der Waals surface area (Å²) >= 11 is 5.97. The molecule has 0 saturated carbocycles. The van der Waals surface area contributed by atoms with E-state index in [-0.39, 0.29) is 19.1 Å². The maximum Gasteiger partial charge on any atom is 0.313 e. The maximum absolute atomic E-state index is 12.3. The third kappa shape index (κ3) is 4.33. The second kappa shape index (κ2) is 7.61. The zero-order chi connectivity index (χ0) is 17.8. The summed E-state index contributed by atoms with van der Waals surface area (Å²) in [6.07, 6.45) is 1.09. The number of esters is 1. The number of hydrogen-bond acceptors (Lipinski definition) is 5. The van der Waals surface area contributed by atoms with E-state index in [0.29, 0.717) is 17.2 Å². The standard InChI is InChI=1S/C18H18ClNO5/c1-11(17(21)20-9-15-3-2-6-23-15)25-18(22)13-7-12-8-14(19)4-5-16(12)24-10-13/h2-6,8,11,13H,7,9-10H2,1H3,(H,20,21)/t11-,13+/m0/s1. The minimum Gasteiger partial charge on any atom is -0.492 e. The van der Waals surface area contributed by atoms with Crippen LogP contribution in [0.2, 0.25) is 5.02 Å². The summed E-state index contributed by atoms with van der Waals surface area (Å²) in [7, 11) is 0. The summed E-state index contributed by atoms with van der Waals surface area (Å²) in [4.78, 5) is 24.3. The number of hydrogen-bond donors (Lipinski definition) is 1. The highest BCUT2D eigenvalue weighted by atomic mass is 35.5. The molecule has 0 aliphatic carbocycles. The van der Waals surface area contributed by atoms with Gasteiger partial charge in [0.1, 0.15) is 18.1 Å². The average molecular weight is 364 g/mol. The summed E-state index contributed by atoms with van der Waals surface area (Å²) in [6, 6.07) is 8.78. The first-order valence-corrected chi connectivity index (χ1v) is 8.32. The zero-order valence-electron chi connectivity index (χ0n) is 13.7. The molecular weight excluding hydrogens is 346 g/mol. The Morgan fingerprint density at radius 2 is 2.24 bits per heavy atom. The largest absolute Gasteiger partial charge is 0.492 e. The fourth-order valence-electron chi connectivity index (χ4n) is 2.57. The fourth-order valence-corrected chi connectivity index (χ4v) is 2.76. The van der Waals surface area contributed by atoms with Crippen molar-refractivity contribution in [1.82, 2.24) is 5.32 Å². The Bertz CT molecular complexity index is 759. The van der Waals surface area contributed by atoms with Gasteiger partial charge in [-0.3, -0.25) is 9.59 Å². The van der Waals surface area contributed by atoms with Crippen molar-refractivity contribution in [1.29, 1.82) is 0 Å². The van der Waals surface area contributed by atoms with E-state index < -0.39 is 18.0 Å². The lowest BCUT2D eigenvalue weighted by molar-refractivity contribution is -0.160. The van der Waals surface area contributed by atoms with E-state index in [1.807, 2.05) is 0 Å². The molecule has 25 heavy (non-hydrogen) atoms. The SMILES string of the molecule is C[C@H](OC(=O)[C@H]1COc2ccc(Cl)cc2C1)C(=O)NCc1ccco1. The van der Waals surface area contributed by atoms with Gasteiger partial charge >= 0.3 is 5.97 Å². The number of furan rings is 1. The topological polar surface area (TPSA) is 77.8 Å². The number of carbonyl (C=O) groups excluding carboxylic acids is 2. The predicted molar refractivity (Wildman–Crippen MR) is 90.2 cm³/mol. The third-order valence-electron chi connectivity index (χ3n) is 3.94. The number of halogens is 1. The van der Waals surface area contributed by atoms with Crippen LogP contribution in [0.4, 0.5) is 0 Å². The Morgan fingerprint density at radius 3 is 3.00 bits per heavy atom. The van der Waals surface area contributed by atoms with Gasteiger partial charge in [0.2, 0.25) is 0 Å². The summed E-state index contributed by atoms with van der Waals surface area (Å²) in [5.74, 6) is 0.0289. The Hall–Kier alpha value is -2.47. The van der Waals surface area contributed by atoms with Crippen molar-refractivity contribution in [3.05, 3.63) is 52.9 Å². The lowest BCUT2D eigenvalue weighted by Gasteiger charge is -2.25. The van der Waals surface area contributed by atoms with Gasteiger partial charge in [-0.15, -0.1) is 0 Å². The lowest BCUT2D eigenvalue weighted by atomic mass is 9.97. The van der Waals surface area contributed by atoms with Crippen molar-refractivity contribution in [2.75, 3.05) is 6.61 Å². The molecule has 3 rings (SSSR count). The van der Waals surface area contributed by atoms with Gasteiger partial charge in [-0.25, -0.2) is 0 Å². The number of fused-ring (bicyclic) bond motifs is 1. The van der Waals surface area contributed by atoms with E-state index >= 15 is 0 Å². The monoisotopic (exact) mass is 363 g/mol. The van der Waals surface area contributed by atoms with Crippen LogP contribution in [0, 0.1) is 5.92 Å². The van der Waals surface area contributed by atoms with E-state index in [2.05, 4.69) is 5.32 Å². The Balaban J connectivity index is 1.52. The minimum atomic E-state index is -0.900. The van der Waals surface area contributed by atoms with Crippen molar-refractivity contribution >= 4 is 23.5 Å². The third-order valence-corrected chi connectivity index (χ3v) is 4.18. The van der Waals surface area contributed by atoms with E-state index in [0.717, 1.165) is 11.3 Å². The first-order chi connectivity index (χ1) is 12.0. The minimum absolute atomic E-state index is 0.216. The van der Waals surface area contributed by atoms with Gasteiger partial charge in [-0.2, -0.15) is 0 Å². The molecule has 0 unspecified atom stereocenters. The van der Waals surface area contributed by atoms with Gasteiger partial charge in [-0.1, -0.05) is 11.6 Å². The van der Waals surface area contributed by atoms with Gasteiger partial charge in [0.15, 0.2) is 6.10 Å². The molecule has 7 heteroatoms. The molecule has 2 heterocycles. The van der Waals surface area contributed by atoms with Crippen LogP contribution in [0.15, 0.2) is 41.0 Å². The molecule has 1 aliphatic heterocycles. The van der Waals surface area contributed by atoms with E-state index in [1.54, 1.807) is 30.3 Å². The van der Waals surface area contributed by atoms with Crippen LogP contribution < -0.4 is 10.1 Å². The highest BCUT2D eigenvalue weighted by molar-refractivity contribution is 6.30. The van der Waals surface area contributed by atoms with Crippen molar-refractivity contribution in [3.8, 4) is 5.75 Å². The van der Waals surface area contributed by atoms with Gasteiger partial charge in [0.25, 0.3) is 5.91 Å². The molecule has 0 bridgehead atoms. The first kappa shape index (κ1) is 17.4. The molecular formula is C18H18ClNO5. The van der Waals surface area contributed by atoms with Gasteiger partial charge in [0, 0.05) is 5.02 Å². The number of rotatable bonds is 5. The average Bonchev–Trinajstić information content (AvgIpc) is 3.12. The van der Waals surface area contributed by atoms with Crippen LogP contribution in [0.25, 0.3) is 0 Å². The van der Waals surface area contributed by atoms with Crippen LogP contribution in [0.5, 0.6) is 5.75 Å². The molecule has 6 nitrogen and oxygen atoms in total. The molecule has 1 aromatic carbocycles. The van der Waals surface area contributed by atoms with Crippen LogP contribution in [0.1, 0.15) is 18.2 Å². The van der Waals surface area contributed by atoms with Crippen LogP contribution in [-0.4, -0.2) is 24.6 Å².